The molecule has 0 saturated carbocycles. The molecule has 10 heteroatoms. The summed E-state index contributed by atoms with van der Waals surface area (Å²) in [6.45, 7) is 6.91. The lowest BCUT2D eigenvalue weighted by Gasteiger charge is -2.42. The summed E-state index contributed by atoms with van der Waals surface area (Å²) in [5.41, 5.74) is 2.56. The van der Waals surface area contributed by atoms with Crippen LogP contribution in [0.4, 0.5) is 5.69 Å². The molecule has 1 aromatic carbocycles. The first-order valence-corrected chi connectivity index (χ1v) is 12.2. The van der Waals surface area contributed by atoms with E-state index in [0.717, 1.165) is 17.9 Å². The van der Waals surface area contributed by atoms with Crippen LogP contribution in [0, 0.1) is 5.92 Å². The molecule has 2 heterocycles. The highest BCUT2D eigenvalue weighted by Gasteiger charge is 2.54. The number of hydrogen-bond donors (Lipinski definition) is 2. The van der Waals surface area contributed by atoms with Gasteiger partial charge in [-0.2, -0.15) is 4.31 Å². The Morgan fingerprint density at radius 2 is 1.77 bits per heavy atom. The molecule has 0 unspecified atom stereocenters. The summed E-state index contributed by atoms with van der Waals surface area (Å²) in [5.74, 6) is 0.531. The molecule has 0 radical (unpaired) electrons. The third kappa shape index (κ3) is 5.14. The Morgan fingerprint density at radius 3 is 2.32 bits per heavy atom. The molecule has 0 aliphatic carbocycles. The van der Waals surface area contributed by atoms with E-state index in [9.17, 15) is 13.2 Å². The van der Waals surface area contributed by atoms with Crippen LogP contribution in [-0.2, 0) is 19.6 Å². The number of nitrogens with zero attached hydrogens (tertiary/aromatic N) is 2. The number of carbonyl (C=O) groups is 1. The number of sulfonamides is 1. The molecule has 2 aliphatic heterocycles. The number of piperazine rings is 1. The fraction of sp³-hybridized carbons (Fsp3) is 0.667. The van der Waals surface area contributed by atoms with Gasteiger partial charge in [0.15, 0.2) is 4.75 Å². The minimum absolute atomic E-state index is 0.0280. The highest BCUT2D eigenvalue weighted by molar-refractivity contribution is 7.91. The molecule has 2 fully saturated rings. The molecule has 174 valence electrons. The first-order chi connectivity index (χ1) is 14.8. The second-order valence-corrected chi connectivity index (χ2v) is 10.7. The quantitative estimate of drug-likeness (QED) is 0.453. The van der Waals surface area contributed by atoms with Crippen molar-refractivity contribution in [2.75, 3.05) is 50.9 Å². The van der Waals surface area contributed by atoms with Crippen LogP contribution in [0.2, 0.25) is 0 Å². The van der Waals surface area contributed by atoms with Gasteiger partial charge in [-0.05, 0) is 36.6 Å². The van der Waals surface area contributed by atoms with Crippen LogP contribution in [0.15, 0.2) is 24.3 Å². The van der Waals surface area contributed by atoms with E-state index in [4.69, 9.17) is 14.7 Å². The van der Waals surface area contributed by atoms with Gasteiger partial charge < -0.3 is 14.4 Å². The molecule has 9 nitrogen and oxygen atoms in total. The van der Waals surface area contributed by atoms with Crippen LogP contribution < -0.4 is 15.1 Å². The van der Waals surface area contributed by atoms with Gasteiger partial charge in [0.05, 0.1) is 6.61 Å². The molecule has 1 amide bonds. The lowest BCUT2D eigenvalue weighted by Crippen LogP contribution is -2.62. The van der Waals surface area contributed by atoms with E-state index < -0.39 is 20.7 Å². The number of benzene rings is 1. The normalized spacial score (nSPS) is 19.9. The number of amides is 1. The van der Waals surface area contributed by atoms with Crippen LogP contribution in [0.3, 0.4) is 0 Å². The van der Waals surface area contributed by atoms with Gasteiger partial charge in [0.2, 0.25) is 10.0 Å². The molecular formula is C21H33N3O6S. The van der Waals surface area contributed by atoms with Crippen molar-refractivity contribution >= 4 is 21.6 Å². The van der Waals surface area contributed by atoms with E-state index >= 15 is 0 Å². The van der Waals surface area contributed by atoms with Gasteiger partial charge in [-0.25, -0.2) is 13.9 Å². The highest BCUT2D eigenvalue weighted by atomic mass is 32.2. The molecule has 0 spiro atoms. The van der Waals surface area contributed by atoms with Crippen molar-refractivity contribution in [1.29, 1.82) is 0 Å². The van der Waals surface area contributed by atoms with E-state index in [1.54, 1.807) is 5.48 Å². The van der Waals surface area contributed by atoms with Crippen LogP contribution in [0.25, 0.3) is 0 Å². The largest absolute Gasteiger partial charge is 0.494 e. The van der Waals surface area contributed by atoms with E-state index in [-0.39, 0.29) is 39.1 Å². The second kappa shape index (κ2) is 10.2. The van der Waals surface area contributed by atoms with Gasteiger partial charge in [-0.15, -0.1) is 0 Å². The van der Waals surface area contributed by atoms with Crippen molar-refractivity contribution < 1.29 is 27.9 Å². The maximum absolute atomic E-state index is 13.4. The predicted octanol–water partition coefficient (Wildman–Crippen LogP) is 1.62. The first kappa shape index (κ1) is 23.8. The molecule has 0 aromatic heterocycles. The van der Waals surface area contributed by atoms with Crippen molar-refractivity contribution in [1.82, 2.24) is 9.79 Å². The van der Waals surface area contributed by atoms with E-state index in [1.807, 2.05) is 24.3 Å². The third-order valence-electron chi connectivity index (χ3n) is 6.05. The Bertz CT molecular complexity index is 829. The van der Waals surface area contributed by atoms with Crippen molar-refractivity contribution in [3.63, 3.8) is 0 Å². The van der Waals surface area contributed by atoms with Crippen LogP contribution >= 0.6 is 0 Å². The third-order valence-corrected chi connectivity index (χ3v) is 8.68. The number of nitrogens with one attached hydrogen (secondary N) is 1. The average Bonchev–Trinajstić information content (AvgIpc) is 2.79. The zero-order chi connectivity index (χ0) is 22.5. The number of hydroxylamine groups is 1. The monoisotopic (exact) mass is 455 g/mol. The van der Waals surface area contributed by atoms with Gasteiger partial charge in [0, 0.05) is 57.9 Å². The summed E-state index contributed by atoms with van der Waals surface area (Å²) >= 11 is 0. The fourth-order valence-electron chi connectivity index (χ4n) is 4.00. The Hall–Kier alpha value is -1.88. The fourth-order valence-corrected chi connectivity index (χ4v) is 6.11. The van der Waals surface area contributed by atoms with Gasteiger partial charge >= 0.3 is 0 Å². The SMILES string of the molecule is CC(C)CCOc1ccc(N2CCN(S(=O)(=O)C3(C(=O)NO)CCOCC3)CC2)cc1. The predicted molar refractivity (Wildman–Crippen MR) is 117 cm³/mol. The maximum atomic E-state index is 13.4. The van der Waals surface area contributed by atoms with E-state index in [2.05, 4.69) is 18.7 Å². The minimum atomic E-state index is -3.95. The average molecular weight is 456 g/mol. The Kier molecular flexibility index (Phi) is 7.79. The zero-order valence-corrected chi connectivity index (χ0v) is 19.1. The topological polar surface area (TPSA) is 108 Å². The molecule has 0 bridgehead atoms. The summed E-state index contributed by atoms with van der Waals surface area (Å²) in [7, 11) is -3.95. The van der Waals surface area contributed by atoms with Crippen molar-refractivity contribution in [2.45, 2.75) is 37.9 Å². The lowest BCUT2D eigenvalue weighted by molar-refractivity contribution is -0.134. The summed E-state index contributed by atoms with van der Waals surface area (Å²) in [6, 6.07) is 7.82. The Morgan fingerprint density at radius 1 is 1.16 bits per heavy atom. The molecule has 2 N–H and O–H groups in total. The smallest absolute Gasteiger partial charge is 0.266 e. The van der Waals surface area contributed by atoms with Gasteiger partial charge in [0.25, 0.3) is 5.91 Å². The lowest BCUT2D eigenvalue weighted by atomic mass is 9.98. The summed E-state index contributed by atoms with van der Waals surface area (Å²) in [5, 5.41) is 9.17. The van der Waals surface area contributed by atoms with Crippen molar-refractivity contribution in [3.8, 4) is 5.75 Å². The molecule has 1 aromatic rings. The van der Waals surface area contributed by atoms with Crippen molar-refractivity contribution in [3.05, 3.63) is 24.3 Å². The van der Waals surface area contributed by atoms with Gasteiger partial charge in [-0.1, -0.05) is 13.8 Å². The van der Waals surface area contributed by atoms with E-state index in [1.165, 1.54) is 4.31 Å². The zero-order valence-electron chi connectivity index (χ0n) is 18.2. The number of ether oxygens (including phenoxy) is 2. The minimum Gasteiger partial charge on any atom is -0.494 e. The number of anilines is 1. The summed E-state index contributed by atoms with van der Waals surface area (Å²) < 4.78 is 37.4. The van der Waals surface area contributed by atoms with Crippen molar-refractivity contribution in [2.24, 2.45) is 5.92 Å². The molecule has 2 aliphatic rings. The number of hydrogen-bond acceptors (Lipinski definition) is 7. The van der Waals surface area contributed by atoms with Crippen LogP contribution in [0.5, 0.6) is 5.75 Å². The highest BCUT2D eigenvalue weighted by Crippen LogP contribution is 2.34. The van der Waals surface area contributed by atoms with Crippen LogP contribution in [-0.4, -0.2) is 74.6 Å². The number of carbonyl (C=O) groups excluding carboxylic acids is 1. The van der Waals surface area contributed by atoms with Gasteiger partial charge in [-0.3, -0.25) is 10.0 Å². The van der Waals surface area contributed by atoms with Gasteiger partial charge in [0.1, 0.15) is 5.75 Å². The van der Waals surface area contributed by atoms with Crippen LogP contribution in [0.1, 0.15) is 33.1 Å². The second-order valence-electron chi connectivity index (χ2n) is 8.46. The Balaban J connectivity index is 1.62. The molecular weight excluding hydrogens is 422 g/mol. The summed E-state index contributed by atoms with van der Waals surface area (Å²) in [4.78, 5) is 14.5. The Labute approximate surface area is 184 Å². The standard InChI is InChI=1S/C21H33N3O6S/c1-17(2)7-14-30-19-5-3-18(4-6-19)23-10-12-24(13-11-23)31(27,28)21(20(25)22-26)8-15-29-16-9-21/h3-6,17,26H,7-16H2,1-2H3,(H,22,25). The first-order valence-electron chi connectivity index (χ1n) is 10.8. The molecule has 31 heavy (non-hydrogen) atoms. The number of rotatable bonds is 8. The molecule has 2 saturated heterocycles. The van der Waals surface area contributed by atoms with E-state index in [0.29, 0.717) is 25.6 Å². The molecule has 3 rings (SSSR count). The summed E-state index contributed by atoms with van der Waals surface area (Å²) in [6.07, 6.45) is 1.06. The maximum Gasteiger partial charge on any atom is 0.266 e. The molecule has 0 atom stereocenters.